The van der Waals surface area contributed by atoms with Gasteiger partial charge in [-0.25, -0.2) is 14.1 Å². The minimum absolute atomic E-state index is 0.209. The van der Waals surface area contributed by atoms with Gasteiger partial charge in [-0.3, -0.25) is 10.3 Å². The number of nitrogens with zero attached hydrogens (tertiary/aromatic N) is 5. The highest BCUT2D eigenvalue weighted by Gasteiger charge is 2.25. The van der Waals surface area contributed by atoms with Crippen LogP contribution in [0.25, 0.3) is 11.4 Å². The van der Waals surface area contributed by atoms with E-state index < -0.39 is 6.17 Å². The molecule has 0 aliphatic carbocycles. The average Bonchev–Trinajstić information content (AvgIpc) is 2.98. The smallest absolute Gasteiger partial charge is 0.230 e. The van der Waals surface area contributed by atoms with E-state index in [1.807, 2.05) is 12.1 Å². The van der Waals surface area contributed by atoms with E-state index in [0.717, 1.165) is 5.56 Å². The van der Waals surface area contributed by atoms with Crippen LogP contribution >= 0.6 is 0 Å². The lowest BCUT2D eigenvalue weighted by atomic mass is 10.1. The first kappa shape index (κ1) is 13.4. The quantitative estimate of drug-likeness (QED) is 0.752. The predicted molar refractivity (Wildman–Crippen MR) is 83.0 cm³/mol. The number of halogens is 1. The Morgan fingerprint density at radius 1 is 1.17 bits per heavy atom. The van der Waals surface area contributed by atoms with Gasteiger partial charge in [0.15, 0.2) is 17.9 Å². The van der Waals surface area contributed by atoms with Crippen LogP contribution in [0.5, 0.6) is 0 Å². The summed E-state index contributed by atoms with van der Waals surface area (Å²) in [5.41, 5.74) is 7.28. The second-order valence-corrected chi connectivity index (χ2v) is 5.01. The maximum absolute atomic E-state index is 13.5. The lowest BCUT2D eigenvalue weighted by Gasteiger charge is -2.21. The van der Waals surface area contributed by atoms with E-state index in [1.165, 1.54) is 12.1 Å². The number of rotatable bonds is 2. The number of anilines is 1. The van der Waals surface area contributed by atoms with Gasteiger partial charge in [-0.05, 0) is 24.3 Å². The molecule has 2 aromatic heterocycles. The molecule has 0 bridgehead atoms. The second-order valence-electron chi connectivity index (χ2n) is 5.01. The zero-order chi connectivity index (χ0) is 15.8. The molecule has 3 aromatic rings. The molecule has 0 saturated carbocycles. The van der Waals surface area contributed by atoms with Crippen molar-refractivity contribution < 1.29 is 4.39 Å². The number of pyridine rings is 1. The molecule has 1 aliphatic rings. The first-order chi connectivity index (χ1) is 11.2. The van der Waals surface area contributed by atoms with Crippen molar-refractivity contribution in [1.29, 1.82) is 0 Å². The Morgan fingerprint density at radius 3 is 2.78 bits per heavy atom. The third-order valence-electron chi connectivity index (χ3n) is 3.45. The van der Waals surface area contributed by atoms with Crippen LogP contribution in [0.15, 0.2) is 53.8 Å². The Hall–Kier alpha value is -3.29. The van der Waals surface area contributed by atoms with E-state index in [-0.39, 0.29) is 11.8 Å². The number of benzene rings is 1. The molecule has 0 radical (unpaired) electrons. The molecule has 1 aromatic carbocycles. The summed E-state index contributed by atoms with van der Waals surface area (Å²) in [5, 5.41) is 7.35. The lowest BCUT2D eigenvalue weighted by Crippen LogP contribution is -2.32. The molecule has 0 spiro atoms. The molecule has 1 atom stereocenters. The molecule has 23 heavy (non-hydrogen) atoms. The predicted octanol–water partition coefficient (Wildman–Crippen LogP) is 1.77. The Kier molecular flexibility index (Phi) is 3.00. The highest BCUT2D eigenvalue weighted by molar-refractivity contribution is 5.92. The van der Waals surface area contributed by atoms with E-state index >= 15 is 0 Å². The summed E-state index contributed by atoms with van der Waals surface area (Å²) in [7, 11) is 0. The van der Waals surface area contributed by atoms with E-state index in [4.69, 9.17) is 5.73 Å². The van der Waals surface area contributed by atoms with Crippen molar-refractivity contribution in [3.63, 3.8) is 0 Å². The van der Waals surface area contributed by atoms with Crippen molar-refractivity contribution >= 4 is 11.9 Å². The van der Waals surface area contributed by atoms with Gasteiger partial charge < -0.3 is 5.73 Å². The van der Waals surface area contributed by atoms with Gasteiger partial charge >= 0.3 is 0 Å². The molecule has 1 aliphatic heterocycles. The molecule has 0 fully saturated rings. The molecule has 0 saturated heterocycles. The van der Waals surface area contributed by atoms with Crippen LogP contribution in [0.1, 0.15) is 11.7 Å². The van der Waals surface area contributed by atoms with E-state index in [9.17, 15) is 4.39 Å². The molecular weight excluding hydrogens is 297 g/mol. The van der Waals surface area contributed by atoms with Crippen molar-refractivity contribution in [1.82, 2.24) is 19.7 Å². The van der Waals surface area contributed by atoms with Crippen LogP contribution in [0.3, 0.4) is 0 Å². The average molecular weight is 309 g/mol. The summed E-state index contributed by atoms with van der Waals surface area (Å²) < 4.78 is 15.1. The largest absolute Gasteiger partial charge is 0.370 e. The number of aromatic nitrogens is 4. The van der Waals surface area contributed by atoms with Crippen LogP contribution in [0, 0.1) is 5.82 Å². The van der Waals surface area contributed by atoms with Gasteiger partial charge in [-0.15, -0.1) is 5.10 Å². The summed E-state index contributed by atoms with van der Waals surface area (Å²) in [5.74, 6) is 0.839. The van der Waals surface area contributed by atoms with Crippen molar-refractivity contribution in [2.24, 2.45) is 10.7 Å². The fourth-order valence-electron chi connectivity index (χ4n) is 2.42. The third-order valence-corrected chi connectivity index (χ3v) is 3.45. The fraction of sp³-hybridized carbons (Fsp3) is 0.0667. The first-order valence-corrected chi connectivity index (χ1v) is 6.93. The molecule has 114 valence electrons. The van der Waals surface area contributed by atoms with E-state index in [0.29, 0.717) is 17.3 Å². The topological polar surface area (TPSA) is 94.0 Å². The highest BCUT2D eigenvalue weighted by Crippen LogP contribution is 2.28. The summed E-state index contributed by atoms with van der Waals surface area (Å²) in [6.07, 6.45) is 2.76. The maximum atomic E-state index is 13.5. The maximum Gasteiger partial charge on any atom is 0.230 e. The zero-order valence-electron chi connectivity index (χ0n) is 11.9. The minimum atomic E-state index is -0.565. The molecule has 7 nitrogen and oxygen atoms in total. The van der Waals surface area contributed by atoms with Crippen LogP contribution < -0.4 is 11.1 Å². The molecule has 8 heteroatoms. The zero-order valence-corrected chi connectivity index (χ0v) is 11.9. The van der Waals surface area contributed by atoms with E-state index in [1.54, 1.807) is 29.2 Å². The Balaban J connectivity index is 1.81. The molecule has 4 rings (SSSR count). The van der Waals surface area contributed by atoms with Crippen LogP contribution in [-0.4, -0.2) is 25.7 Å². The van der Waals surface area contributed by atoms with Gasteiger partial charge in [-0.1, -0.05) is 12.1 Å². The lowest BCUT2D eigenvalue weighted by molar-refractivity contribution is 0.536. The van der Waals surface area contributed by atoms with Crippen molar-refractivity contribution in [3.05, 3.63) is 60.2 Å². The first-order valence-electron chi connectivity index (χ1n) is 6.93. The summed E-state index contributed by atoms with van der Waals surface area (Å²) in [6.45, 7) is 0. The Bertz CT molecular complexity index is 888. The highest BCUT2D eigenvalue weighted by atomic mass is 19.1. The standard InChI is InChI=1S/C15H12FN7/c16-11-3-1-2-10(8-11)13-20-14(17)21-15-19-12(22-23(13)15)9-4-6-18-7-5-9/h1-8,13H,(H3,17,19,20,21,22). The van der Waals surface area contributed by atoms with Crippen LogP contribution in [-0.2, 0) is 0 Å². The van der Waals surface area contributed by atoms with Crippen molar-refractivity contribution in [2.75, 3.05) is 5.32 Å². The van der Waals surface area contributed by atoms with Gasteiger partial charge in [-0.2, -0.15) is 4.98 Å². The molecule has 3 N–H and O–H groups in total. The number of nitrogens with two attached hydrogens (primary N) is 1. The summed E-state index contributed by atoms with van der Waals surface area (Å²) >= 11 is 0. The monoisotopic (exact) mass is 309 g/mol. The third kappa shape index (κ3) is 2.39. The van der Waals surface area contributed by atoms with Gasteiger partial charge in [0, 0.05) is 23.5 Å². The van der Waals surface area contributed by atoms with Gasteiger partial charge in [0.1, 0.15) is 5.82 Å². The number of hydrogen-bond acceptors (Lipinski definition) is 6. The molecular formula is C15H12FN7. The second kappa shape index (κ2) is 5.16. The van der Waals surface area contributed by atoms with Gasteiger partial charge in [0.2, 0.25) is 5.95 Å². The molecule has 1 unspecified atom stereocenters. The van der Waals surface area contributed by atoms with Gasteiger partial charge in [0.25, 0.3) is 0 Å². The minimum Gasteiger partial charge on any atom is -0.370 e. The summed E-state index contributed by atoms with van der Waals surface area (Å²) in [4.78, 5) is 12.7. The van der Waals surface area contributed by atoms with Crippen LogP contribution in [0.2, 0.25) is 0 Å². The van der Waals surface area contributed by atoms with Crippen LogP contribution in [0.4, 0.5) is 10.3 Å². The number of guanidine groups is 1. The number of nitrogens with one attached hydrogen (secondary N) is 1. The number of hydrogen-bond donors (Lipinski definition) is 2. The molecule has 3 heterocycles. The summed E-state index contributed by atoms with van der Waals surface area (Å²) in [6, 6.07) is 9.80. The Morgan fingerprint density at radius 2 is 2.00 bits per heavy atom. The number of aliphatic imine (C=N–C) groups is 1. The molecule has 0 amide bonds. The van der Waals surface area contributed by atoms with Crippen molar-refractivity contribution in [3.8, 4) is 11.4 Å². The SMILES string of the molecule is NC1=NC(c2cccc(F)c2)n2nc(-c3ccncc3)nc2N1. The Labute approximate surface area is 130 Å². The van der Waals surface area contributed by atoms with Gasteiger partial charge in [0.05, 0.1) is 0 Å². The number of fused-ring (bicyclic) bond motifs is 1. The fourth-order valence-corrected chi connectivity index (χ4v) is 2.42. The normalized spacial score (nSPS) is 16.4. The van der Waals surface area contributed by atoms with Crippen molar-refractivity contribution in [2.45, 2.75) is 6.17 Å². The van der Waals surface area contributed by atoms with E-state index in [2.05, 4.69) is 25.4 Å².